The van der Waals surface area contributed by atoms with Gasteiger partial charge in [-0.05, 0) is 29.7 Å². The van der Waals surface area contributed by atoms with Crippen LogP contribution in [-0.2, 0) is 14.8 Å². The Labute approximate surface area is 153 Å². The molecule has 2 aromatic carbocycles. The van der Waals surface area contributed by atoms with Crippen molar-refractivity contribution in [2.75, 3.05) is 13.1 Å². The lowest BCUT2D eigenvalue weighted by molar-refractivity contribution is -0.121. The van der Waals surface area contributed by atoms with Gasteiger partial charge < -0.3 is 5.32 Å². The molecule has 0 radical (unpaired) electrons. The Morgan fingerprint density at radius 3 is 2.48 bits per heavy atom. The van der Waals surface area contributed by atoms with Gasteiger partial charge in [-0.2, -0.15) is 0 Å². The van der Waals surface area contributed by atoms with Crippen molar-refractivity contribution >= 4 is 27.5 Å². The molecule has 1 unspecified atom stereocenters. The van der Waals surface area contributed by atoms with Gasteiger partial charge in [-0.3, -0.25) is 4.79 Å². The van der Waals surface area contributed by atoms with Crippen LogP contribution in [0.25, 0.3) is 0 Å². The Bertz CT molecular complexity index is 810. The predicted octanol–water partition coefficient (Wildman–Crippen LogP) is 2.93. The van der Waals surface area contributed by atoms with Gasteiger partial charge in [0.05, 0.1) is 4.90 Å². The molecule has 2 aromatic rings. The van der Waals surface area contributed by atoms with Gasteiger partial charge in [-0.1, -0.05) is 54.9 Å². The van der Waals surface area contributed by atoms with E-state index in [0.29, 0.717) is 11.4 Å². The van der Waals surface area contributed by atoms with E-state index in [1.54, 1.807) is 12.1 Å². The second kappa shape index (κ2) is 8.99. The van der Waals surface area contributed by atoms with Crippen LogP contribution in [0, 0.1) is 0 Å². The number of hydrogen-bond acceptors (Lipinski definition) is 3. The van der Waals surface area contributed by atoms with Crippen molar-refractivity contribution in [3.63, 3.8) is 0 Å². The van der Waals surface area contributed by atoms with Crippen LogP contribution in [0.2, 0.25) is 5.02 Å². The Balaban J connectivity index is 1.76. The Morgan fingerprint density at radius 1 is 1.08 bits per heavy atom. The molecule has 0 spiro atoms. The summed E-state index contributed by atoms with van der Waals surface area (Å²) in [7, 11) is -3.63. The molecule has 0 heterocycles. The molecule has 2 N–H and O–H groups in total. The maximum absolute atomic E-state index is 12.1. The summed E-state index contributed by atoms with van der Waals surface area (Å²) in [6.45, 7) is 2.32. The molecule has 0 saturated heterocycles. The van der Waals surface area contributed by atoms with Crippen molar-refractivity contribution < 1.29 is 13.2 Å². The van der Waals surface area contributed by atoms with Crippen LogP contribution < -0.4 is 10.0 Å². The molecule has 0 bridgehead atoms. The highest BCUT2D eigenvalue weighted by Gasteiger charge is 2.14. The van der Waals surface area contributed by atoms with Gasteiger partial charge in [0.2, 0.25) is 15.9 Å². The lowest BCUT2D eigenvalue weighted by Gasteiger charge is -2.12. The number of halogens is 1. The molecule has 0 aliphatic carbocycles. The highest BCUT2D eigenvalue weighted by molar-refractivity contribution is 7.89. The first-order chi connectivity index (χ1) is 11.9. The fourth-order valence-electron chi connectivity index (χ4n) is 2.35. The average Bonchev–Trinajstić information content (AvgIpc) is 2.59. The number of carbonyl (C=O) groups is 1. The third-order valence-corrected chi connectivity index (χ3v) is 5.40. The van der Waals surface area contributed by atoms with Crippen molar-refractivity contribution in [2.45, 2.75) is 24.2 Å². The highest BCUT2D eigenvalue weighted by Crippen LogP contribution is 2.18. The number of amides is 1. The van der Waals surface area contributed by atoms with E-state index in [1.165, 1.54) is 12.1 Å². The fraction of sp³-hybridized carbons (Fsp3) is 0.278. The number of carbonyl (C=O) groups excluding carboxylic acids is 1. The Morgan fingerprint density at radius 2 is 1.80 bits per heavy atom. The van der Waals surface area contributed by atoms with Gasteiger partial charge in [0, 0.05) is 24.5 Å². The van der Waals surface area contributed by atoms with E-state index in [1.807, 2.05) is 37.3 Å². The zero-order valence-corrected chi connectivity index (χ0v) is 15.5. The van der Waals surface area contributed by atoms with Crippen LogP contribution in [0.15, 0.2) is 59.5 Å². The zero-order chi connectivity index (χ0) is 18.3. The van der Waals surface area contributed by atoms with E-state index in [0.717, 1.165) is 5.56 Å². The van der Waals surface area contributed by atoms with E-state index in [9.17, 15) is 13.2 Å². The standard InChI is InChI=1S/C18H21ClN2O3S/c1-14(15-6-3-2-4-7-15)12-18(22)20-10-11-21-25(23,24)17-9-5-8-16(19)13-17/h2-9,13-14,21H,10-12H2,1H3,(H,20,22). The van der Waals surface area contributed by atoms with Crippen LogP contribution in [-0.4, -0.2) is 27.4 Å². The van der Waals surface area contributed by atoms with Gasteiger partial charge in [0.25, 0.3) is 0 Å². The van der Waals surface area contributed by atoms with Gasteiger partial charge in [-0.25, -0.2) is 13.1 Å². The molecule has 0 fully saturated rings. The molecule has 0 aromatic heterocycles. The summed E-state index contributed by atoms with van der Waals surface area (Å²) in [5, 5.41) is 3.08. The van der Waals surface area contributed by atoms with Crippen molar-refractivity contribution in [1.82, 2.24) is 10.0 Å². The highest BCUT2D eigenvalue weighted by atomic mass is 35.5. The molecule has 1 atom stereocenters. The third kappa shape index (κ3) is 6.16. The third-order valence-electron chi connectivity index (χ3n) is 3.71. The lowest BCUT2D eigenvalue weighted by Crippen LogP contribution is -2.35. The lowest BCUT2D eigenvalue weighted by atomic mass is 9.98. The minimum absolute atomic E-state index is 0.101. The molecule has 2 rings (SSSR count). The van der Waals surface area contributed by atoms with Crippen LogP contribution in [0.4, 0.5) is 0 Å². The van der Waals surface area contributed by atoms with Crippen LogP contribution in [0.3, 0.4) is 0 Å². The van der Waals surface area contributed by atoms with Gasteiger partial charge >= 0.3 is 0 Å². The Kier molecular flexibility index (Phi) is 6.99. The Hall–Kier alpha value is -1.89. The minimum Gasteiger partial charge on any atom is -0.355 e. The molecule has 134 valence electrons. The summed E-state index contributed by atoms with van der Waals surface area (Å²) < 4.78 is 26.7. The van der Waals surface area contributed by atoms with Gasteiger partial charge in [-0.15, -0.1) is 0 Å². The summed E-state index contributed by atoms with van der Waals surface area (Å²) in [5.41, 5.74) is 1.10. The average molecular weight is 381 g/mol. The minimum atomic E-state index is -3.63. The SMILES string of the molecule is CC(CC(=O)NCCNS(=O)(=O)c1cccc(Cl)c1)c1ccccc1. The number of nitrogens with one attached hydrogen (secondary N) is 2. The van der Waals surface area contributed by atoms with Gasteiger partial charge in [0.15, 0.2) is 0 Å². The normalized spacial score (nSPS) is 12.6. The second-order valence-corrected chi connectivity index (χ2v) is 7.92. The first-order valence-electron chi connectivity index (χ1n) is 7.95. The van der Waals surface area contributed by atoms with E-state index in [-0.39, 0.29) is 29.8 Å². The molecule has 0 saturated carbocycles. The zero-order valence-electron chi connectivity index (χ0n) is 13.9. The molecular weight excluding hydrogens is 360 g/mol. The quantitative estimate of drug-likeness (QED) is 0.691. The van der Waals surface area contributed by atoms with E-state index in [4.69, 9.17) is 11.6 Å². The smallest absolute Gasteiger partial charge is 0.240 e. The maximum atomic E-state index is 12.1. The predicted molar refractivity (Wildman–Crippen MR) is 99.1 cm³/mol. The summed E-state index contributed by atoms with van der Waals surface area (Å²) in [6.07, 6.45) is 0.352. The van der Waals surface area contributed by atoms with Crippen LogP contribution in [0.5, 0.6) is 0 Å². The summed E-state index contributed by atoms with van der Waals surface area (Å²) in [6, 6.07) is 15.8. The molecular formula is C18H21ClN2O3S. The van der Waals surface area contributed by atoms with E-state index in [2.05, 4.69) is 10.0 Å². The van der Waals surface area contributed by atoms with E-state index < -0.39 is 10.0 Å². The summed E-state index contributed by atoms with van der Waals surface area (Å²) in [5.74, 6) is -0.0114. The first-order valence-corrected chi connectivity index (χ1v) is 9.81. The molecule has 7 heteroatoms. The molecule has 5 nitrogen and oxygen atoms in total. The molecule has 0 aliphatic heterocycles. The fourth-order valence-corrected chi connectivity index (χ4v) is 3.69. The second-order valence-electron chi connectivity index (χ2n) is 5.72. The maximum Gasteiger partial charge on any atom is 0.240 e. The molecule has 1 amide bonds. The van der Waals surface area contributed by atoms with Crippen molar-refractivity contribution in [3.05, 3.63) is 65.2 Å². The van der Waals surface area contributed by atoms with Gasteiger partial charge in [0.1, 0.15) is 0 Å². The first kappa shape index (κ1) is 19.4. The summed E-state index contributed by atoms with van der Waals surface area (Å²) in [4.78, 5) is 12.1. The molecule has 0 aliphatic rings. The van der Waals surface area contributed by atoms with Crippen LogP contribution in [0.1, 0.15) is 24.8 Å². The number of benzene rings is 2. The topological polar surface area (TPSA) is 75.3 Å². The number of hydrogen-bond donors (Lipinski definition) is 2. The number of rotatable bonds is 8. The van der Waals surface area contributed by atoms with E-state index >= 15 is 0 Å². The largest absolute Gasteiger partial charge is 0.355 e. The van der Waals surface area contributed by atoms with Crippen molar-refractivity contribution in [3.8, 4) is 0 Å². The molecule has 25 heavy (non-hydrogen) atoms. The van der Waals surface area contributed by atoms with Crippen molar-refractivity contribution in [1.29, 1.82) is 0 Å². The van der Waals surface area contributed by atoms with Crippen LogP contribution >= 0.6 is 11.6 Å². The number of sulfonamides is 1. The van der Waals surface area contributed by atoms with Crippen molar-refractivity contribution in [2.24, 2.45) is 0 Å². The summed E-state index contributed by atoms with van der Waals surface area (Å²) >= 11 is 5.80. The monoisotopic (exact) mass is 380 g/mol.